The smallest absolute Gasteiger partial charge is 0.0651 e. The normalized spacial score (nSPS) is 11.4. The number of rotatable bonds is 10. The topological polar surface area (TPSA) is 40.7 Å². The van der Waals surface area contributed by atoms with Crippen LogP contribution in [0, 0.1) is 0 Å². The Bertz CT molecular complexity index is 508. The number of unbranched alkanes of at least 4 members (excludes halogenated alkanes) is 4. The molecule has 0 spiro atoms. The van der Waals surface area contributed by atoms with Crippen molar-refractivity contribution in [1.29, 1.82) is 0 Å². The van der Waals surface area contributed by atoms with E-state index in [9.17, 15) is 0 Å². The van der Waals surface area contributed by atoms with Gasteiger partial charge in [-0.25, -0.2) is 0 Å². The summed E-state index contributed by atoms with van der Waals surface area (Å²) in [5.41, 5.74) is 2.33. The Kier molecular flexibility index (Phi) is 6.58. The van der Waals surface area contributed by atoms with Crippen LogP contribution in [-0.2, 0) is 0 Å². The Morgan fingerprint density at radius 2 is 1.76 bits per heavy atom. The van der Waals surface area contributed by atoms with Crippen LogP contribution in [0.15, 0.2) is 24.4 Å². The third-order valence-corrected chi connectivity index (χ3v) is 4.12. The molecule has 3 nitrogen and oxygen atoms in total. The lowest BCUT2D eigenvalue weighted by Gasteiger charge is -2.20. The van der Waals surface area contributed by atoms with E-state index < -0.39 is 0 Å². The number of aromatic amines is 1. The zero-order chi connectivity index (χ0) is 14.9. The van der Waals surface area contributed by atoms with Gasteiger partial charge >= 0.3 is 0 Å². The van der Waals surface area contributed by atoms with Crippen LogP contribution in [0.25, 0.3) is 10.9 Å². The van der Waals surface area contributed by atoms with Crippen molar-refractivity contribution in [3.8, 4) is 0 Å². The van der Waals surface area contributed by atoms with Crippen molar-refractivity contribution in [3.05, 3.63) is 24.4 Å². The lowest BCUT2D eigenvalue weighted by molar-refractivity contribution is 0.526. The highest BCUT2D eigenvalue weighted by Crippen LogP contribution is 2.20. The maximum absolute atomic E-state index is 4.09. The molecule has 2 rings (SSSR count). The molecule has 0 atom stereocenters. The lowest BCUT2D eigenvalue weighted by Crippen LogP contribution is -2.19. The predicted molar refractivity (Wildman–Crippen MR) is 91.8 cm³/mol. The first-order chi connectivity index (χ1) is 10.3. The van der Waals surface area contributed by atoms with Crippen LogP contribution in [0.3, 0.4) is 0 Å². The van der Waals surface area contributed by atoms with E-state index in [1.165, 1.54) is 62.4 Å². The minimum absolute atomic E-state index is 0.604. The van der Waals surface area contributed by atoms with Gasteiger partial charge in [-0.05, 0) is 31.0 Å². The van der Waals surface area contributed by atoms with E-state index in [4.69, 9.17) is 0 Å². The quantitative estimate of drug-likeness (QED) is 0.566. The van der Waals surface area contributed by atoms with Gasteiger partial charge in [-0.3, -0.25) is 5.10 Å². The fourth-order valence-electron chi connectivity index (χ4n) is 2.84. The predicted octanol–water partition coefficient (Wildman–Crippen LogP) is 5.50. The van der Waals surface area contributed by atoms with Gasteiger partial charge in [0.15, 0.2) is 0 Å². The zero-order valence-corrected chi connectivity index (χ0v) is 13.5. The van der Waals surface area contributed by atoms with E-state index in [0.717, 1.165) is 5.52 Å². The van der Waals surface area contributed by atoms with Crippen LogP contribution in [0.5, 0.6) is 0 Å². The van der Waals surface area contributed by atoms with Crippen molar-refractivity contribution >= 4 is 16.6 Å². The summed E-state index contributed by atoms with van der Waals surface area (Å²) >= 11 is 0. The van der Waals surface area contributed by atoms with Crippen LogP contribution >= 0.6 is 0 Å². The van der Waals surface area contributed by atoms with Crippen LogP contribution in [0.4, 0.5) is 5.69 Å². The first kappa shape index (κ1) is 15.9. The molecule has 0 aliphatic heterocycles. The van der Waals surface area contributed by atoms with E-state index in [1.54, 1.807) is 0 Å². The van der Waals surface area contributed by atoms with Crippen LogP contribution < -0.4 is 5.32 Å². The minimum atomic E-state index is 0.604. The molecular weight excluding hydrogens is 258 g/mol. The second-order valence-electron chi connectivity index (χ2n) is 6.00. The second kappa shape index (κ2) is 8.71. The second-order valence-corrected chi connectivity index (χ2v) is 6.00. The molecule has 2 N–H and O–H groups in total. The molecule has 0 aliphatic carbocycles. The molecule has 0 radical (unpaired) electrons. The summed E-state index contributed by atoms with van der Waals surface area (Å²) in [6, 6.07) is 7.07. The van der Waals surface area contributed by atoms with Crippen molar-refractivity contribution in [1.82, 2.24) is 10.2 Å². The molecule has 0 bridgehead atoms. The van der Waals surface area contributed by atoms with Gasteiger partial charge in [0.1, 0.15) is 0 Å². The molecule has 116 valence electrons. The molecule has 2 aromatic rings. The Balaban J connectivity index is 1.94. The summed E-state index contributed by atoms with van der Waals surface area (Å²) in [4.78, 5) is 0. The Morgan fingerprint density at radius 1 is 1.05 bits per heavy atom. The molecule has 1 aromatic carbocycles. The van der Waals surface area contributed by atoms with Crippen LogP contribution in [-0.4, -0.2) is 16.2 Å². The zero-order valence-electron chi connectivity index (χ0n) is 13.5. The number of fused-ring (bicyclic) bond motifs is 1. The van der Waals surface area contributed by atoms with E-state index in [1.807, 2.05) is 6.20 Å². The van der Waals surface area contributed by atoms with Crippen molar-refractivity contribution in [3.63, 3.8) is 0 Å². The third-order valence-electron chi connectivity index (χ3n) is 4.12. The molecule has 0 saturated carbocycles. The number of aromatic nitrogens is 2. The Labute approximate surface area is 128 Å². The van der Waals surface area contributed by atoms with Crippen molar-refractivity contribution in [2.45, 2.75) is 71.3 Å². The molecular formula is C18H29N3. The standard InChI is InChI=1S/C18H29N3/c1-3-5-7-9-16(10-8-6-4-2)20-17-11-12-18-15(13-17)14-19-21-18/h11-14,16,20H,3-10H2,1-2H3,(H,19,21). The number of H-pyrrole nitrogens is 1. The molecule has 0 unspecified atom stereocenters. The SMILES string of the molecule is CCCCCC(CCCCC)Nc1ccc2[nH]ncc2c1. The summed E-state index contributed by atoms with van der Waals surface area (Å²) in [5.74, 6) is 0. The van der Waals surface area contributed by atoms with Gasteiger partial charge in [-0.15, -0.1) is 0 Å². The molecule has 3 heteroatoms. The summed E-state index contributed by atoms with van der Waals surface area (Å²) < 4.78 is 0. The minimum Gasteiger partial charge on any atom is -0.382 e. The largest absolute Gasteiger partial charge is 0.382 e. The van der Waals surface area contributed by atoms with E-state index in [-0.39, 0.29) is 0 Å². The molecule has 0 saturated heterocycles. The number of benzene rings is 1. The molecule has 21 heavy (non-hydrogen) atoms. The highest BCUT2D eigenvalue weighted by Gasteiger charge is 2.09. The summed E-state index contributed by atoms with van der Waals surface area (Å²) in [5, 5.41) is 12.0. The Hall–Kier alpha value is -1.51. The summed E-state index contributed by atoms with van der Waals surface area (Å²) in [6.45, 7) is 4.54. The summed E-state index contributed by atoms with van der Waals surface area (Å²) in [6.07, 6.45) is 12.4. The van der Waals surface area contributed by atoms with Crippen LogP contribution in [0.1, 0.15) is 65.2 Å². The van der Waals surface area contributed by atoms with E-state index in [0.29, 0.717) is 6.04 Å². The van der Waals surface area contributed by atoms with E-state index in [2.05, 4.69) is 47.6 Å². The lowest BCUT2D eigenvalue weighted by atomic mass is 10.0. The number of anilines is 1. The van der Waals surface area contributed by atoms with Gasteiger partial charge in [-0.2, -0.15) is 5.10 Å². The first-order valence-corrected chi connectivity index (χ1v) is 8.53. The Morgan fingerprint density at radius 3 is 2.43 bits per heavy atom. The van der Waals surface area contributed by atoms with Gasteiger partial charge < -0.3 is 5.32 Å². The van der Waals surface area contributed by atoms with Crippen molar-refractivity contribution < 1.29 is 0 Å². The number of hydrogen-bond donors (Lipinski definition) is 2. The van der Waals surface area contributed by atoms with Gasteiger partial charge in [0.25, 0.3) is 0 Å². The highest BCUT2D eigenvalue weighted by molar-refractivity contribution is 5.81. The van der Waals surface area contributed by atoms with E-state index >= 15 is 0 Å². The number of hydrogen-bond acceptors (Lipinski definition) is 2. The first-order valence-electron chi connectivity index (χ1n) is 8.53. The van der Waals surface area contributed by atoms with Crippen LogP contribution in [0.2, 0.25) is 0 Å². The number of nitrogens with one attached hydrogen (secondary N) is 2. The van der Waals surface area contributed by atoms with Gasteiger partial charge in [0.2, 0.25) is 0 Å². The third kappa shape index (κ3) is 5.07. The van der Waals surface area contributed by atoms with Gasteiger partial charge in [0, 0.05) is 17.1 Å². The molecule has 0 aliphatic rings. The van der Waals surface area contributed by atoms with Gasteiger partial charge in [0.05, 0.1) is 11.7 Å². The van der Waals surface area contributed by atoms with Crippen molar-refractivity contribution in [2.75, 3.05) is 5.32 Å². The van der Waals surface area contributed by atoms with Gasteiger partial charge in [-0.1, -0.05) is 52.4 Å². The molecule has 1 heterocycles. The fraction of sp³-hybridized carbons (Fsp3) is 0.611. The molecule has 0 amide bonds. The maximum Gasteiger partial charge on any atom is 0.0651 e. The molecule has 0 fully saturated rings. The number of nitrogens with zero attached hydrogens (tertiary/aromatic N) is 1. The average Bonchev–Trinajstić information content (AvgIpc) is 2.95. The average molecular weight is 287 g/mol. The highest BCUT2D eigenvalue weighted by atomic mass is 15.1. The maximum atomic E-state index is 4.09. The summed E-state index contributed by atoms with van der Waals surface area (Å²) in [7, 11) is 0. The monoisotopic (exact) mass is 287 g/mol. The van der Waals surface area contributed by atoms with Crippen molar-refractivity contribution in [2.24, 2.45) is 0 Å². The fourth-order valence-corrected chi connectivity index (χ4v) is 2.84. The molecule has 1 aromatic heterocycles.